The second-order valence-corrected chi connectivity index (χ2v) is 4.30. The molecular formula is C11H23N3O2. The van der Waals surface area contributed by atoms with Gasteiger partial charge in [0.15, 0.2) is 0 Å². The molecule has 94 valence electrons. The van der Waals surface area contributed by atoms with Crippen molar-refractivity contribution in [2.75, 3.05) is 33.7 Å². The highest BCUT2D eigenvalue weighted by Gasteiger charge is 2.11. The molecule has 0 heterocycles. The maximum Gasteiger partial charge on any atom is 0.239 e. The first-order valence-corrected chi connectivity index (χ1v) is 5.62. The van der Waals surface area contributed by atoms with E-state index in [-0.39, 0.29) is 18.4 Å². The Balaban J connectivity index is 3.80. The molecule has 0 bridgehead atoms. The molecule has 0 aliphatic rings. The van der Waals surface area contributed by atoms with Gasteiger partial charge in [-0.05, 0) is 13.0 Å². The molecular weight excluding hydrogens is 206 g/mol. The van der Waals surface area contributed by atoms with Gasteiger partial charge < -0.3 is 15.5 Å². The second kappa shape index (κ2) is 8.10. The third-order valence-corrected chi connectivity index (χ3v) is 2.10. The van der Waals surface area contributed by atoms with Gasteiger partial charge in [0.05, 0.1) is 6.54 Å². The molecule has 0 aromatic heterocycles. The van der Waals surface area contributed by atoms with Crippen LogP contribution in [0.2, 0.25) is 0 Å². The minimum Gasteiger partial charge on any atom is -0.354 e. The molecule has 0 spiro atoms. The summed E-state index contributed by atoms with van der Waals surface area (Å²) in [5.41, 5.74) is 0. The van der Waals surface area contributed by atoms with Crippen molar-refractivity contribution in [2.45, 2.75) is 20.3 Å². The summed E-state index contributed by atoms with van der Waals surface area (Å²) < 4.78 is 0. The van der Waals surface area contributed by atoms with Crippen LogP contribution in [0.5, 0.6) is 0 Å². The lowest BCUT2D eigenvalue weighted by atomic mass is 10.2. The Morgan fingerprint density at radius 1 is 1.31 bits per heavy atom. The lowest BCUT2D eigenvalue weighted by Crippen LogP contribution is -2.40. The Morgan fingerprint density at radius 2 is 1.94 bits per heavy atom. The van der Waals surface area contributed by atoms with Crippen molar-refractivity contribution >= 4 is 11.8 Å². The Bertz CT molecular complexity index is 229. The zero-order valence-corrected chi connectivity index (χ0v) is 10.7. The van der Waals surface area contributed by atoms with Crippen molar-refractivity contribution in [3.8, 4) is 0 Å². The summed E-state index contributed by atoms with van der Waals surface area (Å²) in [7, 11) is 3.44. The zero-order chi connectivity index (χ0) is 12.6. The van der Waals surface area contributed by atoms with Gasteiger partial charge in [-0.1, -0.05) is 13.8 Å². The number of nitrogens with zero attached hydrogens (tertiary/aromatic N) is 1. The minimum absolute atomic E-state index is 0.0194. The van der Waals surface area contributed by atoms with Crippen LogP contribution < -0.4 is 10.6 Å². The molecule has 0 saturated heterocycles. The first kappa shape index (κ1) is 14.9. The SMILES string of the molecule is CNCCC(=O)N(C)CC(=O)NCC(C)C. The lowest BCUT2D eigenvalue weighted by molar-refractivity contribution is -0.134. The molecule has 2 N–H and O–H groups in total. The molecule has 0 fully saturated rings. The predicted octanol–water partition coefficient (Wildman–Crippen LogP) is -0.173. The van der Waals surface area contributed by atoms with E-state index < -0.39 is 0 Å². The van der Waals surface area contributed by atoms with Crippen LogP contribution in [0, 0.1) is 5.92 Å². The van der Waals surface area contributed by atoms with Crippen LogP contribution in [0.1, 0.15) is 20.3 Å². The van der Waals surface area contributed by atoms with E-state index in [9.17, 15) is 9.59 Å². The average molecular weight is 229 g/mol. The summed E-state index contributed by atoms with van der Waals surface area (Å²) >= 11 is 0. The third kappa shape index (κ3) is 7.23. The number of carbonyl (C=O) groups excluding carboxylic acids is 2. The van der Waals surface area contributed by atoms with Crippen molar-refractivity contribution < 1.29 is 9.59 Å². The van der Waals surface area contributed by atoms with Crippen molar-refractivity contribution in [3.63, 3.8) is 0 Å². The molecule has 0 atom stereocenters. The van der Waals surface area contributed by atoms with Crippen LogP contribution in [0.4, 0.5) is 0 Å². The summed E-state index contributed by atoms with van der Waals surface area (Å²) in [4.78, 5) is 24.3. The molecule has 0 saturated carbocycles. The number of hydrogen-bond donors (Lipinski definition) is 2. The molecule has 0 aliphatic heterocycles. The van der Waals surface area contributed by atoms with Crippen molar-refractivity contribution in [3.05, 3.63) is 0 Å². The van der Waals surface area contributed by atoms with E-state index in [0.717, 1.165) is 0 Å². The van der Waals surface area contributed by atoms with Crippen LogP contribution in [-0.4, -0.2) is 50.4 Å². The van der Waals surface area contributed by atoms with Gasteiger partial charge in [0.1, 0.15) is 0 Å². The highest BCUT2D eigenvalue weighted by atomic mass is 16.2. The molecule has 5 heteroatoms. The van der Waals surface area contributed by atoms with Crippen LogP contribution in [-0.2, 0) is 9.59 Å². The van der Waals surface area contributed by atoms with E-state index in [4.69, 9.17) is 0 Å². The summed E-state index contributed by atoms with van der Waals surface area (Å²) in [5.74, 6) is 0.303. The van der Waals surface area contributed by atoms with Gasteiger partial charge in [-0.3, -0.25) is 9.59 Å². The normalized spacial score (nSPS) is 10.3. The quantitative estimate of drug-likeness (QED) is 0.637. The summed E-state index contributed by atoms with van der Waals surface area (Å²) in [5, 5.41) is 5.67. The monoisotopic (exact) mass is 229 g/mol. The van der Waals surface area contributed by atoms with Gasteiger partial charge in [-0.2, -0.15) is 0 Å². The summed E-state index contributed by atoms with van der Waals surface area (Å²) in [6.45, 7) is 5.48. The maximum absolute atomic E-state index is 11.5. The fourth-order valence-electron chi connectivity index (χ4n) is 1.10. The highest BCUT2D eigenvalue weighted by Crippen LogP contribution is 1.91. The van der Waals surface area contributed by atoms with Gasteiger partial charge >= 0.3 is 0 Å². The Kier molecular flexibility index (Phi) is 7.54. The third-order valence-electron chi connectivity index (χ3n) is 2.10. The maximum atomic E-state index is 11.5. The molecule has 16 heavy (non-hydrogen) atoms. The predicted molar refractivity (Wildman–Crippen MR) is 64.0 cm³/mol. The molecule has 2 amide bonds. The molecule has 0 radical (unpaired) electrons. The van der Waals surface area contributed by atoms with Crippen molar-refractivity contribution in [1.29, 1.82) is 0 Å². The molecule has 0 unspecified atom stereocenters. The van der Waals surface area contributed by atoms with Gasteiger partial charge in [-0.15, -0.1) is 0 Å². The van der Waals surface area contributed by atoms with Crippen molar-refractivity contribution in [2.24, 2.45) is 5.92 Å². The smallest absolute Gasteiger partial charge is 0.239 e. The Hall–Kier alpha value is -1.10. The molecule has 0 rings (SSSR count). The van der Waals surface area contributed by atoms with E-state index in [2.05, 4.69) is 10.6 Å². The minimum atomic E-state index is -0.103. The number of likely N-dealkylation sites (N-methyl/N-ethyl adjacent to an activating group) is 1. The largest absolute Gasteiger partial charge is 0.354 e. The number of amides is 2. The number of hydrogen-bond acceptors (Lipinski definition) is 3. The standard InChI is InChI=1S/C11H23N3O2/c1-9(2)7-13-10(15)8-14(4)11(16)5-6-12-3/h9,12H,5-8H2,1-4H3,(H,13,15). The van der Waals surface area contributed by atoms with Gasteiger partial charge in [0, 0.05) is 26.6 Å². The van der Waals surface area contributed by atoms with E-state index in [1.54, 1.807) is 14.1 Å². The Labute approximate surface area is 97.6 Å². The highest BCUT2D eigenvalue weighted by molar-refractivity contribution is 5.84. The molecule has 0 aromatic carbocycles. The number of nitrogens with one attached hydrogen (secondary N) is 2. The van der Waals surface area contributed by atoms with Crippen LogP contribution in [0.15, 0.2) is 0 Å². The van der Waals surface area contributed by atoms with Crippen LogP contribution in [0.25, 0.3) is 0 Å². The van der Waals surface area contributed by atoms with Crippen molar-refractivity contribution in [1.82, 2.24) is 15.5 Å². The van der Waals surface area contributed by atoms with E-state index >= 15 is 0 Å². The zero-order valence-electron chi connectivity index (χ0n) is 10.7. The first-order valence-electron chi connectivity index (χ1n) is 5.62. The molecule has 5 nitrogen and oxygen atoms in total. The fraction of sp³-hybridized carbons (Fsp3) is 0.818. The molecule has 0 aromatic rings. The van der Waals surface area contributed by atoms with E-state index in [0.29, 0.717) is 25.4 Å². The van der Waals surface area contributed by atoms with E-state index in [1.165, 1.54) is 4.90 Å². The van der Waals surface area contributed by atoms with Gasteiger partial charge in [0.25, 0.3) is 0 Å². The second-order valence-electron chi connectivity index (χ2n) is 4.30. The molecule has 0 aliphatic carbocycles. The van der Waals surface area contributed by atoms with Crippen LogP contribution in [0.3, 0.4) is 0 Å². The van der Waals surface area contributed by atoms with Gasteiger partial charge in [-0.25, -0.2) is 0 Å². The first-order chi connectivity index (χ1) is 7.47. The number of rotatable bonds is 7. The average Bonchev–Trinajstić information content (AvgIpc) is 2.22. The summed E-state index contributed by atoms with van der Waals surface area (Å²) in [6, 6.07) is 0. The van der Waals surface area contributed by atoms with Gasteiger partial charge in [0.2, 0.25) is 11.8 Å². The topological polar surface area (TPSA) is 61.4 Å². The Morgan fingerprint density at radius 3 is 2.44 bits per heavy atom. The van der Waals surface area contributed by atoms with Crippen LogP contribution >= 0.6 is 0 Å². The summed E-state index contributed by atoms with van der Waals surface area (Å²) in [6.07, 6.45) is 0.421. The fourth-order valence-corrected chi connectivity index (χ4v) is 1.10. The number of carbonyl (C=O) groups is 2. The van der Waals surface area contributed by atoms with E-state index in [1.807, 2.05) is 13.8 Å². The lowest BCUT2D eigenvalue weighted by Gasteiger charge is -2.17.